The number of benzene rings is 2. The van der Waals surface area contributed by atoms with Crippen molar-refractivity contribution in [3.63, 3.8) is 0 Å². The molecule has 1 aliphatic heterocycles. The van der Waals surface area contributed by atoms with Crippen molar-refractivity contribution in [1.29, 1.82) is 0 Å². The van der Waals surface area contributed by atoms with Gasteiger partial charge < -0.3 is 30.0 Å². The van der Waals surface area contributed by atoms with Crippen molar-refractivity contribution in [3.05, 3.63) is 54.1 Å². The number of morpholine rings is 1. The fourth-order valence-electron chi connectivity index (χ4n) is 3.58. The summed E-state index contributed by atoms with van der Waals surface area (Å²) in [5.74, 6) is 2.71. The number of aryl methyl sites for hydroxylation is 1. The highest BCUT2D eigenvalue weighted by molar-refractivity contribution is 5.87. The van der Waals surface area contributed by atoms with E-state index in [9.17, 15) is 0 Å². The number of fused-ring (bicyclic) bond motifs is 1. The minimum Gasteiger partial charge on any atom is -0.497 e. The Morgan fingerprint density at radius 3 is 2.31 bits per heavy atom. The summed E-state index contributed by atoms with van der Waals surface area (Å²) in [5.41, 5.74) is 4.39. The Hall–Kier alpha value is -3.85. The van der Waals surface area contributed by atoms with Crippen molar-refractivity contribution in [1.82, 2.24) is 19.9 Å². The van der Waals surface area contributed by atoms with Gasteiger partial charge in [0.15, 0.2) is 11.5 Å². The van der Waals surface area contributed by atoms with E-state index in [0.717, 1.165) is 41.5 Å². The summed E-state index contributed by atoms with van der Waals surface area (Å²) in [6.07, 6.45) is 0. The summed E-state index contributed by atoms with van der Waals surface area (Å²) >= 11 is 0. The van der Waals surface area contributed by atoms with Gasteiger partial charge in [-0.1, -0.05) is 17.7 Å². The summed E-state index contributed by atoms with van der Waals surface area (Å²) in [7, 11) is 1.65. The van der Waals surface area contributed by atoms with Gasteiger partial charge in [-0.25, -0.2) is 0 Å². The molecule has 1 aliphatic rings. The van der Waals surface area contributed by atoms with E-state index in [1.54, 1.807) is 7.11 Å². The molecule has 9 heteroatoms. The van der Waals surface area contributed by atoms with Crippen LogP contribution in [-0.4, -0.2) is 53.3 Å². The summed E-state index contributed by atoms with van der Waals surface area (Å²) in [6.45, 7) is 4.91. The van der Waals surface area contributed by atoms with Gasteiger partial charge >= 0.3 is 0 Å². The zero-order valence-electron chi connectivity index (χ0n) is 18.1. The molecule has 32 heavy (non-hydrogen) atoms. The lowest BCUT2D eigenvalue weighted by atomic mass is 10.2. The van der Waals surface area contributed by atoms with Crippen LogP contribution in [-0.2, 0) is 4.74 Å². The molecular weight excluding hydrogens is 406 g/mol. The van der Waals surface area contributed by atoms with Crippen LogP contribution in [0.4, 0.5) is 29.1 Å². The second kappa shape index (κ2) is 8.72. The van der Waals surface area contributed by atoms with Crippen LogP contribution < -0.4 is 20.3 Å². The van der Waals surface area contributed by atoms with E-state index in [1.807, 2.05) is 36.4 Å². The van der Waals surface area contributed by atoms with Gasteiger partial charge in [-0.2, -0.15) is 15.0 Å². The first-order chi connectivity index (χ1) is 15.7. The average Bonchev–Trinajstić information content (AvgIpc) is 3.23. The minimum absolute atomic E-state index is 0.505. The van der Waals surface area contributed by atoms with Gasteiger partial charge in [-0.3, -0.25) is 0 Å². The quantitative estimate of drug-likeness (QED) is 0.421. The molecule has 0 atom stereocenters. The van der Waals surface area contributed by atoms with Crippen LogP contribution in [0.5, 0.6) is 5.75 Å². The van der Waals surface area contributed by atoms with Gasteiger partial charge in [0, 0.05) is 24.5 Å². The molecule has 2 aromatic carbocycles. The number of nitrogens with one attached hydrogen (secondary N) is 3. The Morgan fingerprint density at radius 2 is 1.59 bits per heavy atom. The van der Waals surface area contributed by atoms with Crippen molar-refractivity contribution >= 4 is 40.3 Å². The summed E-state index contributed by atoms with van der Waals surface area (Å²) in [6, 6.07) is 15.8. The second-order valence-electron chi connectivity index (χ2n) is 7.60. The lowest BCUT2D eigenvalue weighted by Crippen LogP contribution is -2.37. The van der Waals surface area contributed by atoms with Crippen molar-refractivity contribution in [2.24, 2.45) is 0 Å². The molecule has 0 unspecified atom stereocenters. The normalized spacial score (nSPS) is 13.9. The van der Waals surface area contributed by atoms with E-state index in [0.29, 0.717) is 30.8 Å². The molecule has 5 rings (SSSR count). The Kier molecular flexibility index (Phi) is 5.47. The summed E-state index contributed by atoms with van der Waals surface area (Å²) in [4.78, 5) is 19.7. The predicted octanol–water partition coefficient (Wildman–Crippen LogP) is 3.99. The van der Waals surface area contributed by atoms with E-state index < -0.39 is 0 Å². The number of aromatic nitrogens is 4. The lowest BCUT2D eigenvalue weighted by Gasteiger charge is -2.28. The maximum atomic E-state index is 5.52. The van der Waals surface area contributed by atoms with Gasteiger partial charge in [0.1, 0.15) is 11.3 Å². The molecule has 1 saturated heterocycles. The second-order valence-corrected chi connectivity index (χ2v) is 7.60. The third-order valence-electron chi connectivity index (χ3n) is 5.30. The number of rotatable bonds is 6. The number of aromatic amines is 1. The highest BCUT2D eigenvalue weighted by Gasteiger charge is 2.20. The van der Waals surface area contributed by atoms with Gasteiger partial charge in [-0.05, 0) is 43.3 Å². The fraction of sp³-hybridized carbons (Fsp3) is 0.261. The number of nitrogens with zero attached hydrogens (tertiary/aromatic N) is 4. The molecule has 0 amide bonds. The van der Waals surface area contributed by atoms with Crippen LogP contribution in [0.1, 0.15) is 5.56 Å². The van der Waals surface area contributed by atoms with Gasteiger partial charge in [0.05, 0.1) is 20.3 Å². The Labute approximate surface area is 185 Å². The zero-order chi connectivity index (χ0) is 21.9. The molecule has 2 aromatic heterocycles. The molecule has 3 N–H and O–H groups in total. The van der Waals surface area contributed by atoms with Gasteiger partial charge in [-0.15, -0.1) is 0 Å². The first-order valence-electron chi connectivity index (χ1n) is 10.5. The molecule has 0 bridgehead atoms. The highest BCUT2D eigenvalue weighted by atomic mass is 16.5. The first-order valence-corrected chi connectivity index (χ1v) is 10.5. The maximum Gasteiger partial charge on any atom is 0.231 e. The summed E-state index contributed by atoms with van der Waals surface area (Å²) in [5, 5.41) is 6.60. The van der Waals surface area contributed by atoms with Crippen LogP contribution in [0.3, 0.4) is 0 Å². The van der Waals surface area contributed by atoms with Crippen molar-refractivity contribution in [2.45, 2.75) is 6.92 Å². The number of anilines is 5. The molecule has 4 aromatic rings. The lowest BCUT2D eigenvalue weighted by molar-refractivity contribution is 0.122. The topological polar surface area (TPSA) is 100 Å². The monoisotopic (exact) mass is 431 g/mol. The van der Waals surface area contributed by atoms with Crippen molar-refractivity contribution in [3.8, 4) is 5.75 Å². The molecule has 9 nitrogen and oxygen atoms in total. The number of methoxy groups -OCH3 is 1. The third-order valence-corrected chi connectivity index (χ3v) is 5.30. The van der Waals surface area contributed by atoms with E-state index in [2.05, 4.69) is 49.5 Å². The fourth-order valence-corrected chi connectivity index (χ4v) is 3.58. The number of H-pyrrole nitrogens is 1. The third kappa shape index (κ3) is 4.28. The Morgan fingerprint density at radius 1 is 0.906 bits per heavy atom. The van der Waals surface area contributed by atoms with Gasteiger partial charge in [0.25, 0.3) is 0 Å². The average molecular weight is 432 g/mol. The van der Waals surface area contributed by atoms with Crippen molar-refractivity contribution in [2.75, 3.05) is 48.9 Å². The van der Waals surface area contributed by atoms with E-state index in [1.165, 1.54) is 5.56 Å². The van der Waals surface area contributed by atoms with Crippen LogP contribution in [0.25, 0.3) is 11.2 Å². The largest absolute Gasteiger partial charge is 0.497 e. The Balaban J connectivity index is 1.50. The van der Waals surface area contributed by atoms with Crippen LogP contribution in [0, 0.1) is 6.92 Å². The molecule has 0 aliphatic carbocycles. The standard InChI is InChI=1S/C23H25N7O2/c1-15-3-5-16(6-4-15)25-23-28-20-19(21(29-23)30-11-13-32-14-12-30)26-22(27-20)24-17-7-9-18(31-2)10-8-17/h3-10H,11-14H2,1-2H3,(H3,24,25,26,27,28,29). The van der Waals surface area contributed by atoms with Crippen LogP contribution >= 0.6 is 0 Å². The molecule has 0 saturated carbocycles. The van der Waals surface area contributed by atoms with Crippen molar-refractivity contribution < 1.29 is 9.47 Å². The number of hydrogen-bond acceptors (Lipinski definition) is 8. The summed E-state index contributed by atoms with van der Waals surface area (Å²) < 4.78 is 10.8. The molecule has 164 valence electrons. The predicted molar refractivity (Wildman–Crippen MR) is 125 cm³/mol. The van der Waals surface area contributed by atoms with E-state index >= 15 is 0 Å². The SMILES string of the molecule is COc1ccc(Nc2nc3nc(Nc4ccc(C)cc4)nc(N4CCOCC4)c3[nH]2)cc1. The number of hydrogen-bond donors (Lipinski definition) is 3. The van der Waals surface area contributed by atoms with E-state index in [4.69, 9.17) is 14.5 Å². The van der Waals surface area contributed by atoms with Gasteiger partial charge in [0.2, 0.25) is 11.9 Å². The molecule has 0 radical (unpaired) electrons. The first kappa shape index (κ1) is 20.1. The number of ether oxygens (including phenoxy) is 2. The Bertz CT molecular complexity index is 1200. The zero-order valence-corrected chi connectivity index (χ0v) is 18.1. The minimum atomic E-state index is 0.505. The molecular formula is C23H25N7O2. The smallest absolute Gasteiger partial charge is 0.231 e. The molecule has 0 spiro atoms. The number of imidazole rings is 1. The van der Waals surface area contributed by atoms with Crippen LogP contribution in [0.2, 0.25) is 0 Å². The molecule has 1 fully saturated rings. The van der Waals surface area contributed by atoms with E-state index in [-0.39, 0.29) is 0 Å². The van der Waals surface area contributed by atoms with Crippen LogP contribution in [0.15, 0.2) is 48.5 Å². The maximum absolute atomic E-state index is 5.52. The molecule has 3 heterocycles. The highest BCUT2D eigenvalue weighted by Crippen LogP contribution is 2.28.